The molecule has 1 aliphatic heterocycles. The maximum Gasteiger partial charge on any atom is 0.225 e. The maximum atomic E-state index is 12.4. The smallest absolute Gasteiger partial charge is 0.225 e. The molecule has 1 saturated carbocycles. The number of hydrogen-bond acceptors (Lipinski definition) is 5. The standard InChI is InChI=1S/C18H24N6O/c1-18(2)9-12-10-24(11-14(12)18)8-7-16(25)19-15-6-4-3-5-13(15)17-20-22-23-21-17/h3-6,12,14H,7-11H2,1-2H3,(H,19,25)(H,20,21,22,23)/t12-,14+/m1/s1. The van der Waals surface area contributed by atoms with Crippen molar-refractivity contribution in [1.29, 1.82) is 0 Å². The summed E-state index contributed by atoms with van der Waals surface area (Å²) >= 11 is 0. The van der Waals surface area contributed by atoms with Crippen LogP contribution in [-0.2, 0) is 4.79 Å². The van der Waals surface area contributed by atoms with E-state index in [1.807, 2.05) is 24.3 Å². The minimum atomic E-state index is 0.0226. The minimum Gasteiger partial charge on any atom is -0.325 e. The molecule has 0 unspecified atom stereocenters. The predicted molar refractivity (Wildman–Crippen MR) is 94.7 cm³/mol. The fourth-order valence-electron chi connectivity index (χ4n) is 4.44. The van der Waals surface area contributed by atoms with Gasteiger partial charge in [-0.3, -0.25) is 4.79 Å². The molecule has 132 valence electrons. The van der Waals surface area contributed by atoms with E-state index in [1.54, 1.807) is 0 Å². The summed E-state index contributed by atoms with van der Waals surface area (Å²) in [5.41, 5.74) is 1.97. The lowest BCUT2D eigenvalue weighted by Crippen LogP contribution is -2.42. The number of amides is 1. The zero-order chi connectivity index (χ0) is 17.4. The van der Waals surface area contributed by atoms with Crippen LogP contribution in [-0.4, -0.2) is 51.1 Å². The summed E-state index contributed by atoms with van der Waals surface area (Å²) in [5, 5.41) is 17.0. The molecule has 0 radical (unpaired) electrons. The van der Waals surface area contributed by atoms with Gasteiger partial charge in [-0.05, 0) is 41.0 Å². The number of likely N-dealkylation sites (tertiary alicyclic amines) is 1. The molecule has 2 heterocycles. The first kappa shape index (κ1) is 16.2. The van der Waals surface area contributed by atoms with Crippen LogP contribution < -0.4 is 5.32 Å². The van der Waals surface area contributed by atoms with Gasteiger partial charge in [0.1, 0.15) is 0 Å². The summed E-state index contributed by atoms with van der Waals surface area (Å²) in [6, 6.07) is 7.52. The zero-order valence-corrected chi connectivity index (χ0v) is 14.7. The van der Waals surface area contributed by atoms with Crippen LogP contribution >= 0.6 is 0 Å². The van der Waals surface area contributed by atoms with Gasteiger partial charge in [-0.25, -0.2) is 0 Å². The number of nitrogens with one attached hydrogen (secondary N) is 2. The number of hydrogen-bond donors (Lipinski definition) is 2. The van der Waals surface area contributed by atoms with Crippen molar-refractivity contribution < 1.29 is 4.79 Å². The van der Waals surface area contributed by atoms with E-state index in [9.17, 15) is 4.79 Å². The van der Waals surface area contributed by atoms with Crippen LogP contribution in [0.3, 0.4) is 0 Å². The Balaban J connectivity index is 1.33. The third kappa shape index (κ3) is 3.16. The average molecular weight is 340 g/mol. The van der Waals surface area contributed by atoms with Crippen molar-refractivity contribution in [2.24, 2.45) is 17.3 Å². The third-order valence-electron chi connectivity index (χ3n) is 5.75. The van der Waals surface area contributed by atoms with Crippen LogP contribution in [0.5, 0.6) is 0 Å². The number of tetrazole rings is 1. The van der Waals surface area contributed by atoms with E-state index in [0.717, 1.165) is 42.7 Å². The Labute approximate surface area is 147 Å². The van der Waals surface area contributed by atoms with Crippen molar-refractivity contribution in [2.75, 3.05) is 25.0 Å². The number of fused-ring (bicyclic) bond motifs is 1. The molecule has 0 spiro atoms. The summed E-state index contributed by atoms with van der Waals surface area (Å²) in [4.78, 5) is 14.8. The number of carbonyl (C=O) groups is 1. The normalized spacial score (nSPS) is 24.6. The first-order chi connectivity index (χ1) is 12.0. The van der Waals surface area contributed by atoms with Crippen LogP contribution in [0, 0.1) is 17.3 Å². The van der Waals surface area contributed by atoms with Gasteiger partial charge in [-0.2, -0.15) is 5.21 Å². The van der Waals surface area contributed by atoms with Crippen LogP contribution in [0.15, 0.2) is 24.3 Å². The molecule has 7 nitrogen and oxygen atoms in total. The number of anilines is 1. The summed E-state index contributed by atoms with van der Waals surface area (Å²) < 4.78 is 0. The first-order valence-corrected chi connectivity index (χ1v) is 8.88. The number of nitrogens with zero attached hydrogens (tertiary/aromatic N) is 4. The van der Waals surface area contributed by atoms with E-state index < -0.39 is 0 Å². The highest BCUT2D eigenvalue weighted by Gasteiger charge is 2.51. The topological polar surface area (TPSA) is 86.8 Å². The molecule has 1 aromatic carbocycles. The SMILES string of the molecule is CC1(C)C[C@@H]2CN(CCC(=O)Nc3ccccc3-c3nn[nH]n3)C[C@@H]21. The van der Waals surface area contributed by atoms with Gasteiger partial charge in [0.05, 0.1) is 5.69 Å². The van der Waals surface area contributed by atoms with Gasteiger partial charge in [0.2, 0.25) is 11.7 Å². The third-order valence-corrected chi connectivity index (χ3v) is 5.75. The molecule has 1 aromatic heterocycles. The fourth-order valence-corrected chi connectivity index (χ4v) is 4.44. The van der Waals surface area contributed by atoms with Crippen molar-refractivity contribution in [3.8, 4) is 11.4 Å². The molecule has 2 atom stereocenters. The fraction of sp³-hybridized carbons (Fsp3) is 0.556. The summed E-state index contributed by atoms with van der Waals surface area (Å²) in [6.07, 6.45) is 1.82. The predicted octanol–water partition coefficient (Wildman–Crippen LogP) is 2.17. The Bertz CT molecular complexity index is 757. The average Bonchev–Trinajstić information content (AvgIpc) is 3.22. The van der Waals surface area contributed by atoms with E-state index in [-0.39, 0.29) is 5.91 Å². The van der Waals surface area contributed by atoms with Gasteiger partial charge in [-0.1, -0.05) is 26.0 Å². The molecule has 2 fully saturated rings. The summed E-state index contributed by atoms with van der Waals surface area (Å²) in [7, 11) is 0. The molecule has 1 saturated heterocycles. The lowest BCUT2D eigenvalue weighted by molar-refractivity contribution is -0.116. The van der Waals surface area contributed by atoms with Crippen molar-refractivity contribution >= 4 is 11.6 Å². The number of aromatic nitrogens is 4. The van der Waals surface area contributed by atoms with Gasteiger partial charge in [0.25, 0.3) is 0 Å². The van der Waals surface area contributed by atoms with E-state index in [0.29, 0.717) is 17.7 Å². The second-order valence-electron chi connectivity index (χ2n) is 7.90. The van der Waals surface area contributed by atoms with Crippen molar-refractivity contribution in [3.05, 3.63) is 24.3 Å². The highest BCUT2D eigenvalue weighted by molar-refractivity contribution is 5.94. The maximum absolute atomic E-state index is 12.4. The number of rotatable bonds is 5. The zero-order valence-electron chi connectivity index (χ0n) is 14.7. The lowest BCUT2D eigenvalue weighted by atomic mass is 9.57. The van der Waals surface area contributed by atoms with E-state index in [1.165, 1.54) is 6.42 Å². The molecule has 7 heteroatoms. The number of para-hydroxylation sites is 1. The molecule has 1 amide bonds. The minimum absolute atomic E-state index is 0.0226. The Kier molecular flexibility index (Phi) is 4.03. The Morgan fingerprint density at radius 3 is 2.92 bits per heavy atom. The van der Waals surface area contributed by atoms with Gasteiger partial charge < -0.3 is 10.2 Å². The van der Waals surface area contributed by atoms with Crippen LogP contribution in [0.1, 0.15) is 26.7 Å². The molecule has 0 bridgehead atoms. The Hall–Kier alpha value is -2.28. The van der Waals surface area contributed by atoms with E-state index in [4.69, 9.17) is 0 Å². The number of benzene rings is 1. The molecular formula is C18H24N6O. The monoisotopic (exact) mass is 340 g/mol. The van der Waals surface area contributed by atoms with Gasteiger partial charge in [0.15, 0.2) is 0 Å². The number of H-pyrrole nitrogens is 1. The van der Waals surface area contributed by atoms with Crippen molar-refractivity contribution in [1.82, 2.24) is 25.5 Å². The van der Waals surface area contributed by atoms with Crippen molar-refractivity contribution in [2.45, 2.75) is 26.7 Å². The molecule has 2 aromatic rings. The summed E-state index contributed by atoms with van der Waals surface area (Å²) in [5.74, 6) is 2.13. The molecular weight excluding hydrogens is 316 g/mol. The number of carbonyl (C=O) groups excluding carboxylic acids is 1. The second kappa shape index (κ2) is 6.22. The molecule has 2 aliphatic rings. The highest BCUT2D eigenvalue weighted by Crippen LogP contribution is 2.54. The Morgan fingerprint density at radius 2 is 2.20 bits per heavy atom. The van der Waals surface area contributed by atoms with Gasteiger partial charge in [0, 0.05) is 31.6 Å². The summed E-state index contributed by atoms with van der Waals surface area (Å²) in [6.45, 7) is 7.81. The second-order valence-corrected chi connectivity index (χ2v) is 7.90. The lowest BCUT2D eigenvalue weighted by Gasteiger charge is -2.47. The van der Waals surface area contributed by atoms with E-state index in [2.05, 4.69) is 44.7 Å². The van der Waals surface area contributed by atoms with Gasteiger partial charge in [-0.15, -0.1) is 10.2 Å². The number of aromatic amines is 1. The molecule has 1 aliphatic carbocycles. The molecule has 2 N–H and O–H groups in total. The van der Waals surface area contributed by atoms with Crippen LogP contribution in [0.2, 0.25) is 0 Å². The first-order valence-electron chi connectivity index (χ1n) is 8.88. The van der Waals surface area contributed by atoms with Crippen LogP contribution in [0.25, 0.3) is 11.4 Å². The highest BCUT2D eigenvalue weighted by atomic mass is 16.1. The largest absolute Gasteiger partial charge is 0.325 e. The molecule has 4 rings (SSSR count). The van der Waals surface area contributed by atoms with E-state index >= 15 is 0 Å². The van der Waals surface area contributed by atoms with Crippen molar-refractivity contribution in [3.63, 3.8) is 0 Å². The van der Waals surface area contributed by atoms with Crippen LogP contribution in [0.4, 0.5) is 5.69 Å². The quantitative estimate of drug-likeness (QED) is 0.871. The Morgan fingerprint density at radius 1 is 1.36 bits per heavy atom. The molecule has 25 heavy (non-hydrogen) atoms. The van der Waals surface area contributed by atoms with Gasteiger partial charge >= 0.3 is 0 Å².